The van der Waals surface area contributed by atoms with Crippen molar-refractivity contribution in [3.63, 3.8) is 0 Å². The smallest absolute Gasteiger partial charge is 0.303 e. The summed E-state index contributed by atoms with van der Waals surface area (Å²) in [5, 5.41) is 20.3. The fourth-order valence-corrected chi connectivity index (χ4v) is 1.43. The largest absolute Gasteiger partial charge is 0.506 e. The predicted molar refractivity (Wildman–Crippen MR) is 64.3 cm³/mol. The molecule has 1 aromatic heterocycles. The average Bonchev–Trinajstić information content (AvgIpc) is 2.33. The molecule has 1 rings (SSSR count). The maximum atomic E-state index is 11.6. The number of unbranched alkanes of at least 4 members (excludes halogenated alkanes) is 2. The van der Waals surface area contributed by atoms with Gasteiger partial charge in [0, 0.05) is 19.2 Å². The number of carbonyl (C=O) groups excluding carboxylic acids is 1. The van der Waals surface area contributed by atoms with Gasteiger partial charge in [-0.3, -0.25) is 14.6 Å². The maximum Gasteiger partial charge on any atom is 0.303 e. The van der Waals surface area contributed by atoms with E-state index in [9.17, 15) is 9.59 Å². The summed E-state index contributed by atoms with van der Waals surface area (Å²) in [4.78, 5) is 25.5. The third kappa shape index (κ3) is 5.29. The molecule has 0 saturated carbocycles. The first-order valence-electron chi connectivity index (χ1n) is 5.73. The number of nitrogens with one attached hydrogen (secondary N) is 1. The Kier molecular flexibility index (Phi) is 5.63. The Bertz CT molecular complexity index is 420. The first kappa shape index (κ1) is 14.0. The van der Waals surface area contributed by atoms with Crippen molar-refractivity contribution in [3.05, 3.63) is 24.0 Å². The van der Waals surface area contributed by atoms with Gasteiger partial charge in [0.1, 0.15) is 5.75 Å². The quantitative estimate of drug-likeness (QED) is 0.632. The zero-order valence-corrected chi connectivity index (χ0v) is 9.93. The topological polar surface area (TPSA) is 99.5 Å². The predicted octanol–water partition coefficient (Wildman–Crippen LogP) is 1.16. The Hall–Kier alpha value is -2.11. The van der Waals surface area contributed by atoms with Crippen molar-refractivity contribution in [1.29, 1.82) is 0 Å². The molecular formula is C12H16N2O4. The van der Waals surface area contributed by atoms with Crippen LogP contribution in [-0.2, 0) is 4.79 Å². The van der Waals surface area contributed by atoms with Gasteiger partial charge >= 0.3 is 5.97 Å². The lowest BCUT2D eigenvalue weighted by Gasteiger charge is -2.04. The summed E-state index contributed by atoms with van der Waals surface area (Å²) in [5.41, 5.74) is 0.306. The van der Waals surface area contributed by atoms with Gasteiger partial charge in [-0.25, -0.2) is 0 Å². The molecule has 6 heteroatoms. The molecule has 0 saturated heterocycles. The summed E-state index contributed by atoms with van der Waals surface area (Å²) in [5.74, 6) is -1.15. The molecule has 0 radical (unpaired) electrons. The number of aromatic nitrogens is 1. The van der Waals surface area contributed by atoms with Gasteiger partial charge in [0.2, 0.25) is 0 Å². The summed E-state index contributed by atoms with van der Waals surface area (Å²) < 4.78 is 0. The molecule has 0 aromatic carbocycles. The molecule has 0 fully saturated rings. The highest BCUT2D eigenvalue weighted by Crippen LogP contribution is 2.08. The van der Waals surface area contributed by atoms with Crippen LogP contribution in [-0.4, -0.2) is 33.6 Å². The number of carboxylic acids is 1. The number of amides is 1. The number of aliphatic carboxylic acids is 1. The molecule has 98 valence electrons. The molecule has 1 heterocycles. The maximum absolute atomic E-state index is 11.6. The van der Waals surface area contributed by atoms with E-state index < -0.39 is 5.97 Å². The molecule has 0 aliphatic rings. The van der Waals surface area contributed by atoms with E-state index in [1.165, 1.54) is 18.5 Å². The molecule has 1 amide bonds. The molecule has 0 unspecified atom stereocenters. The van der Waals surface area contributed by atoms with E-state index >= 15 is 0 Å². The molecule has 0 spiro atoms. The highest BCUT2D eigenvalue weighted by Gasteiger charge is 2.05. The highest BCUT2D eigenvalue weighted by atomic mass is 16.4. The van der Waals surface area contributed by atoms with E-state index in [2.05, 4.69) is 10.3 Å². The van der Waals surface area contributed by atoms with E-state index in [0.717, 1.165) is 12.8 Å². The first-order valence-corrected chi connectivity index (χ1v) is 5.73. The van der Waals surface area contributed by atoms with E-state index in [1.54, 1.807) is 0 Å². The monoisotopic (exact) mass is 252 g/mol. The Morgan fingerprint density at radius 2 is 2.00 bits per heavy atom. The van der Waals surface area contributed by atoms with Crippen LogP contribution in [0.4, 0.5) is 0 Å². The third-order valence-electron chi connectivity index (χ3n) is 2.34. The summed E-state index contributed by atoms with van der Waals surface area (Å²) in [6.07, 6.45) is 4.88. The number of pyridine rings is 1. The number of carboxylic acid groups (broad SMARTS) is 1. The lowest BCUT2D eigenvalue weighted by Crippen LogP contribution is -2.24. The Morgan fingerprint density at radius 3 is 2.67 bits per heavy atom. The van der Waals surface area contributed by atoms with Crippen LogP contribution in [0.3, 0.4) is 0 Å². The standard InChI is InChI=1S/C12H16N2O4/c15-10-6-9(7-13-8-10)12(18)14-5-3-1-2-4-11(16)17/h6-8,15H,1-5H2,(H,14,18)(H,16,17). The molecular weight excluding hydrogens is 236 g/mol. The summed E-state index contributed by atoms with van der Waals surface area (Å²) >= 11 is 0. The minimum Gasteiger partial charge on any atom is -0.506 e. The summed E-state index contributed by atoms with van der Waals surface area (Å²) in [6.45, 7) is 0.480. The van der Waals surface area contributed by atoms with Crippen LogP contribution in [0.15, 0.2) is 18.5 Å². The second-order valence-corrected chi connectivity index (χ2v) is 3.89. The van der Waals surface area contributed by atoms with Gasteiger partial charge < -0.3 is 15.5 Å². The van der Waals surface area contributed by atoms with E-state index in [1.807, 2.05) is 0 Å². The molecule has 0 aliphatic carbocycles. The molecule has 0 bridgehead atoms. The van der Waals surface area contributed by atoms with E-state index in [0.29, 0.717) is 18.5 Å². The van der Waals surface area contributed by atoms with Crippen LogP contribution < -0.4 is 5.32 Å². The second-order valence-electron chi connectivity index (χ2n) is 3.89. The molecule has 3 N–H and O–H groups in total. The Balaban J connectivity index is 2.20. The van der Waals surface area contributed by atoms with Gasteiger partial charge in [0.15, 0.2) is 0 Å². The molecule has 6 nitrogen and oxygen atoms in total. The number of hydrogen-bond donors (Lipinski definition) is 3. The Labute approximate surface area is 105 Å². The lowest BCUT2D eigenvalue weighted by atomic mass is 10.2. The number of rotatable bonds is 7. The lowest BCUT2D eigenvalue weighted by molar-refractivity contribution is -0.137. The number of hydrogen-bond acceptors (Lipinski definition) is 4. The zero-order chi connectivity index (χ0) is 13.4. The third-order valence-corrected chi connectivity index (χ3v) is 2.34. The van der Waals surface area contributed by atoms with Crippen molar-refractivity contribution in [2.24, 2.45) is 0 Å². The van der Waals surface area contributed by atoms with Gasteiger partial charge in [-0.15, -0.1) is 0 Å². The summed E-state index contributed by atoms with van der Waals surface area (Å²) in [7, 11) is 0. The SMILES string of the molecule is O=C(O)CCCCCNC(=O)c1cncc(O)c1. The number of carbonyl (C=O) groups is 2. The second kappa shape index (κ2) is 7.26. The Morgan fingerprint density at radius 1 is 1.22 bits per heavy atom. The van der Waals surface area contributed by atoms with Gasteiger partial charge in [-0.1, -0.05) is 6.42 Å². The van der Waals surface area contributed by atoms with Gasteiger partial charge in [0.05, 0.1) is 11.8 Å². The van der Waals surface area contributed by atoms with Crippen LogP contribution in [0.5, 0.6) is 5.75 Å². The molecule has 1 aromatic rings. The summed E-state index contributed by atoms with van der Waals surface area (Å²) in [6, 6.07) is 1.34. The van der Waals surface area contributed by atoms with Crippen LogP contribution in [0.1, 0.15) is 36.0 Å². The van der Waals surface area contributed by atoms with Crippen LogP contribution in [0.2, 0.25) is 0 Å². The number of aromatic hydroxyl groups is 1. The van der Waals surface area contributed by atoms with Gasteiger partial charge in [-0.05, 0) is 18.9 Å². The van der Waals surface area contributed by atoms with Crippen molar-refractivity contribution >= 4 is 11.9 Å². The van der Waals surface area contributed by atoms with E-state index in [4.69, 9.17) is 10.2 Å². The van der Waals surface area contributed by atoms with Crippen molar-refractivity contribution < 1.29 is 19.8 Å². The van der Waals surface area contributed by atoms with Crippen LogP contribution in [0.25, 0.3) is 0 Å². The highest BCUT2D eigenvalue weighted by molar-refractivity contribution is 5.94. The number of nitrogens with zero attached hydrogens (tertiary/aromatic N) is 1. The van der Waals surface area contributed by atoms with Crippen molar-refractivity contribution in [2.75, 3.05) is 6.54 Å². The van der Waals surface area contributed by atoms with E-state index in [-0.39, 0.29) is 18.1 Å². The minimum atomic E-state index is -0.801. The van der Waals surface area contributed by atoms with Crippen molar-refractivity contribution in [1.82, 2.24) is 10.3 Å². The van der Waals surface area contributed by atoms with Crippen LogP contribution in [0, 0.1) is 0 Å². The fraction of sp³-hybridized carbons (Fsp3) is 0.417. The zero-order valence-electron chi connectivity index (χ0n) is 9.93. The van der Waals surface area contributed by atoms with Gasteiger partial charge in [-0.2, -0.15) is 0 Å². The fourth-order valence-electron chi connectivity index (χ4n) is 1.43. The minimum absolute atomic E-state index is 0.0518. The molecule has 0 aliphatic heterocycles. The van der Waals surface area contributed by atoms with Crippen molar-refractivity contribution in [3.8, 4) is 5.75 Å². The first-order chi connectivity index (χ1) is 8.59. The van der Waals surface area contributed by atoms with Crippen LogP contribution >= 0.6 is 0 Å². The van der Waals surface area contributed by atoms with Gasteiger partial charge in [0.25, 0.3) is 5.91 Å². The molecule has 0 atom stereocenters. The van der Waals surface area contributed by atoms with Crippen molar-refractivity contribution in [2.45, 2.75) is 25.7 Å². The molecule has 18 heavy (non-hydrogen) atoms. The normalized spacial score (nSPS) is 10.0. The average molecular weight is 252 g/mol.